The van der Waals surface area contributed by atoms with E-state index in [9.17, 15) is 5.11 Å². The Morgan fingerprint density at radius 2 is 2.29 bits per heavy atom. The summed E-state index contributed by atoms with van der Waals surface area (Å²) in [7, 11) is 0. The summed E-state index contributed by atoms with van der Waals surface area (Å²) in [5.74, 6) is 1.05. The monoisotopic (exact) mass is 189 g/mol. The van der Waals surface area contributed by atoms with Crippen LogP contribution in [0.15, 0.2) is 24.3 Å². The molecule has 0 aliphatic heterocycles. The summed E-state index contributed by atoms with van der Waals surface area (Å²) in [6.45, 7) is 0. The molecule has 2 fully saturated rings. The highest BCUT2D eigenvalue weighted by Crippen LogP contribution is 2.63. The Morgan fingerprint density at radius 3 is 2.86 bits per heavy atom. The van der Waals surface area contributed by atoms with Crippen molar-refractivity contribution in [2.75, 3.05) is 0 Å². The van der Waals surface area contributed by atoms with Gasteiger partial charge in [0.15, 0.2) is 0 Å². The molecular weight excluding hydrogens is 174 g/mol. The van der Waals surface area contributed by atoms with Crippen LogP contribution in [0.5, 0.6) is 5.75 Å². The van der Waals surface area contributed by atoms with Crippen LogP contribution in [0.1, 0.15) is 24.8 Å². The van der Waals surface area contributed by atoms with Crippen molar-refractivity contribution < 1.29 is 5.11 Å². The first kappa shape index (κ1) is 8.30. The van der Waals surface area contributed by atoms with E-state index in [0.29, 0.717) is 23.1 Å². The van der Waals surface area contributed by atoms with E-state index in [0.717, 1.165) is 6.42 Å². The zero-order valence-electron chi connectivity index (χ0n) is 8.11. The van der Waals surface area contributed by atoms with E-state index >= 15 is 0 Å². The Bertz CT molecular complexity index is 376. The molecule has 1 aromatic carbocycles. The highest BCUT2D eigenvalue weighted by atomic mass is 16.3. The molecule has 2 saturated carbocycles. The van der Waals surface area contributed by atoms with E-state index < -0.39 is 0 Å². The van der Waals surface area contributed by atoms with E-state index in [2.05, 4.69) is 6.07 Å². The zero-order valence-corrected chi connectivity index (χ0v) is 8.11. The number of rotatable bonds is 1. The average Bonchev–Trinajstić information content (AvgIpc) is 2.83. The van der Waals surface area contributed by atoms with Gasteiger partial charge in [0.25, 0.3) is 0 Å². The molecule has 2 aliphatic carbocycles. The summed E-state index contributed by atoms with van der Waals surface area (Å²) in [6.07, 6.45) is 3.56. The zero-order chi connectivity index (χ0) is 9.76. The molecule has 0 radical (unpaired) electrons. The Morgan fingerprint density at radius 1 is 1.43 bits per heavy atom. The van der Waals surface area contributed by atoms with E-state index in [1.54, 1.807) is 6.07 Å². The molecule has 0 bridgehead atoms. The number of phenols is 1. The van der Waals surface area contributed by atoms with Gasteiger partial charge in [0.05, 0.1) is 0 Å². The Hall–Kier alpha value is -1.02. The fourth-order valence-corrected chi connectivity index (χ4v) is 3.10. The minimum atomic E-state index is 0.332. The van der Waals surface area contributed by atoms with Gasteiger partial charge in [0.1, 0.15) is 5.75 Å². The van der Waals surface area contributed by atoms with Crippen LogP contribution in [0.3, 0.4) is 0 Å². The van der Waals surface area contributed by atoms with E-state index in [1.807, 2.05) is 12.1 Å². The van der Waals surface area contributed by atoms with E-state index in [-0.39, 0.29) is 0 Å². The first-order valence-corrected chi connectivity index (χ1v) is 5.27. The van der Waals surface area contributed by atoms with Crippen LogP contribution >= 0.6 is 0 Å². The molecule has 2 aliphatic rings. The molecule has 0 spiro atoms. The van der Waals surface area contributed by atoms with Crippen LogP contribution in [-0.4, -0.2) is 11.1 Å². The number of hydrogen-bond donors (Lipinski definition) is 2. The Kier molecular flexibility index (Phi) is 1.49. The average molecular weight is 189 g/mol. The Labute approximate surface area is 83.7 Å². The van der Waals surface area contributed by atoms with Crippen LogP contribution in [0, 0.1) is 5.92 Å². The largest absolute Gasteiger partial charge is 0.508 e. The van der Waals surface area contributed by atoms with Crippen molar-refractivity contribution in [1.29, 1.82) is 0 Å². The van der Waals surface area contributed by atoms with Gasteiger partial charge in [-0.25, -0.2) is 0 Å². The van der Waals surface area contributed by atoms with Crippen molar-refractivity contribution in [3.8, 4) is 5.75 Å². The number of nitrogens with two attached hydrogens (primary N) is 1. The van der Waals surface area contributed by atoms with Gasteiger partial charge in [0, 0.05) is 11.5 Å². The molecule has 1 unspecified atom stereocenters. The van der Waals surface area contributed by atoms with Gasteiger partial charge >= 0.3 is 0 Å². The molecule has 3 atom stereocenters. The summed E-state index contributed by atoms with van der Waals surface area (Å²) in [5.41, 5.74) is 7.64. The van der Waals surface area contributed by atoms with Crippen LogP contribution in [-0.2, 0) is 5.41 Å². The molecule has 0 heterocycles. The molecule has 2 heteroatoms. The number of fused-ring (bicyclic) bond motifs is 1. The van der Waals surface area contributed by atoms with Gasteiger partial charge in [-0.2, -0.15) is 0 Å². The van der Waals surface area contributed by atoms with Gasteiger partial charge in [-0.1, -0.05) is 12.1 Å². The maximum Gasteiger partial charge on any atom is 0.115 e. The topological polar surface area (TPSA) is 46.2 Å². The fourth-order valence-electron chi connectivity index (χ4n) is 3.10. The molecule has 14 heavy (non-hydrogen) atoms. The molecule has 74 valence electrons. The third-order valence-corrected chi connectivity index (χ3v) is 4.00. The lowest BCUT2D eigenvalue weighted by molar-refractivity contribution is 0.473. The lowest BCUT2D eigenvalue weighted by Crippen LogP contribution is -2.19. The number of aromatic hydroxyl groups is 1. The fraction of sp³-hybridized carbons (Fsp3) is 0.500. The quantitative estimate of drug-likeness (QED) is 0.707. The van der Waals surface area contributed by atoms with Gasteiger partial charge in [0.2, 0.25) is 0 Å². The number of phenolic OH excluding ortho intramolecular Hbond substituents is 1. The van der Waals surface area contributed by atoms with Crippen LogP contribution in [0.2, 0.25) is 0 Å². The van der Waals surface area contributed by atoms with Crippen LogP contribution in [0.4, 0.5) is 0 Å². The predicted molar refractivity (Wildman–Crippen MR) is 55.1 cm³/mol. The normalized spacial score (nSPS) is 39.5. The molecule has 0 aromatic heterocycles. The lowest BCUT2D eigenvalue weighted by Gasteiger charge is -2.11. The number of benzene rings is 1. The second-order valence-electron chi connectivity index (χ2n) is 4.72. The van der Waals surface area contributed by atoms with Crippen molar-refractivity contribution in [3.05, 3.63) is 29.8 Å². The standard InChI is InChI=1S/C12H15NO/c13-11-4-5-12(7-10(11)12)8-2-1-3-9(14)6-8/h1-3,6,10-11,14H,4-5,7,13H2/t10-,11?,12-/m1/s1. The van der Waals surface area contributed by atoms with Crippen LogP contribution < -0.4 is 5.73 Å². The predicted octanol–water partition coefficient (Wildman–Crippen LogP) is 1.77. The van der Waals surface area contributed by atoms with Gasteiger partial charge in [-0.3, -0.25) is 0 Å². The summed E-state index contributed by atoms with van der Waals surface area (Å²) in [6, 6.07) is 8.07. The first-order chi connectivity index (χ1) is 6.72. The minimum absolute atomic E-state index is 0.332. The van der Waals surface area contributed by atoms with Crippen molar-refractivity contribution in [1.82, 2.24) is 0 Å². The third kappa shape index (κ3) is 0.947. The number of hydrogen-bond acceptors (Lipinski definition) is 2. The smallest absolute Gasteiger partial charge is 0.115 e. The highest BCUT2D eigenvalue weighted by molar-refractivity contribution is 5.40. The second kappa shape index (κ2) is 2.51. The SMILES string of the molecule is NC1CC[C@]2(c3cccc(O)c3)C[C@H]12. The van der Waals surface area contributed by atoms with E-state index in [4.69, 9.17) is 5.73 Å². The van der Waals surface area contributed by atoms with Gasteiger partial charge in [-0.15, -0.1) is 0 Å². The molecular formula is C12H15NO. The van der Waals surface area contributed by atoms with Crippen molar-refractivity contribution >= 4 is 0 Å². The summed E-state index contributed by atoms with van der Waals surface area (Å²) >= 11 is 0. The molecule has 3 N–H and O–H groups in total. The summed E-state index contributed by atoms with van der Waals surface area (Å²) in [5, 5.41) is 9.44. The molecule has 3 rings (SSSR count). The van der Waals surface area contributed by atoms with Crippen molar-refractivity contribution in [3.63, 3.8) is 0 Å². The summed E-state index contributed by atoms with van der Waals surface area (Å²) < 4.78 is 0. The highest BCUT2D eigenvalue weighted by Gasteiger charge is 2.61. The van der Waals surface area contributed by atoms with Crippen molar-refractivity contribution in [2.45, 2.75) is 30.7 Å². The van der Waals surface area contributed by atoms with Crippen molar-refractivity contribution in [2.24, 2.45) is 11.7 Å². The Balaban J connectivity index is 1.98. The van der Waals surface area contributed by atoms with Gasteiger partial charge < -0.3 is 10.8 Å². The molecule has 0 amide bonds. The maximum absolute atomic E-state index is 9.44. The molecule has 0 saturated heterocycles. The second-order valence-corrected chi connectivity index (χ2v) is 4.72. The van der Waals surface area contributed by atoms with Crippen LogP contribution in [0.25, 0.3) is 0 Å². The van der Waals surface area contributed by atoms with Gasteiger partial charge in [-0.05, 0) is 42.9 Å². The molecule has 1 aromatic rings. The van der Waals surface area contributed by atoms with E-state index in [1.165, 1.54) is 18.4 Å². The summed E-state index contributed by atoms with van der Waals surface area (Å²) in [4.78, 5) is 0. The minimum Gasteiger partial charge on any atom is -0.508 e. The molecule has 2 nitrogen and oxygen atoms in total. The third-order valence-electron chi connectivity index (χ3n) is 4.00. The first-order valence-electron chi connectivity index (χ1n) is 5.27. The maximum atomic E-state index is 9.44. The lowest BCUT2D eigenvalue weighted by atomic mass is 9.93.